The van der Waals surface area contributed by atoms with E-state index in [1.165, 1.54) is 4.90 Å². The van der Waals surface area contributed by atoms with Crippen molar-refractivity contribution < 1.29 is 19.4 Å². The van der Waals surface area contributed by atoms with Crippen LogP contribution in [-0.2, 0) is 9.59 Å². The molecule has 1 amide bonds. The molecule has 3 aromatic rings. The van der Waals surface area contributed by atoms with Crippen molar-refractivity contribution in [1.82, 2.24) is 0 Å². The third-order valence-corrected chi connectivity index (χ3v) is 6.61. The summed E-state index contributed by atoms with van der Waals surface area (Å²) in [7, 11) is 1.58. The zero-order valence-corrected chi connectivity index (χ0v) is 17.3. The predicted molar refractivity (Wildman–Crippen MR) is 116 cm³/mol. The highest BCUT2D eigenvalue weighted by Gasteiger charge is 2.49. The Morgan fingerprint density at radius 1 is 1.00 bits per heavy atom. The summed E-state index contributed by atoms with van der Waals surface area (Å²) in [4.78, 5) is 27.6. The lowest BCUT2D eigenvalue weighted by molar-refractivity contribution is -0.118. The van der Waals surface area contributed by atoms with Gasteiger partial charge in [0, 0.05) is 11.6 Å². The minimum atomic E-state index is -0.668. The molecule has 0 bridgehead atoms. The van der Waals surface area contributed by atoms with Crippen molar-refractivity contribution >= 4 is 28.7 Å². The predicted octanol–water partition coefficient (Wildman–Crippen LogP) is 5.01. The number of carbonyl (C=O) groups excluding carboxylic acids is 2. The number of benzene rings is 2. The number of aliphatic hydroxyl groups is 1. The minimum absolute atomic E-state index is 0.162. The summed E-state index contributed by atoms with van der Waals surface area (Å²) >= 11 is 1.62. The third-order valence-electron chi connectivity index (χ3n) is 5.92. The Balaban J connectivity index is 1.64. The number of nitrogens with zero attached hydrogens (tertiary/aromatic N) is 1. The number of hydrogen-bond donors (Lipinski definition) is 1. The van der Waals surface area contributed by atoms with Gasteiger partial charge in [-0.25, -0.2) is 0 Å². The number of ether oxygens (including phenoxy) is 1. The maximum absolute atomic E-state index is 13.0. The van der Waals surface area contributed by atoms with E-state index in [0.717, 1.165) is 22.3 Å². The second kappa shape index (κ2) is 6.85. The summed E-state index contributed by atoms with van der Waals surface area (Å²) in [6, 6.07) is 14.5. The van der Waals surface area contributed by atoms with Crippen LogP contribution in [0, 0.1) is 0 Å². The monoisotopic (exact) mass is 417 g/mol. The fraction of sp³-hybridized carbons (Fsp3) is 0.167. The highest BCUT2D eigenvalue weighted by molar-refractivity contribution is 7.08. The number of ketones is 1. The molecule has 150 valence electrons. The fourth-order valence-corrected chi connectivity index (χ4v) is 5.01. The lowest BCUT2D eigenvalue weighted by Crippen LogP contribution is -2.34. The maximum atomic E-state index is 13.0. The first kappa shape index (κ1) is 18.6. The molecule has 0 spiro atoms. The molecule has 2 unspecified atom stereocenters. The van der Waals surface area contributed by atoms with E-state index in [0.29, 0.717) is 11.4 Å². The van der Waals surface area contributed by atoms with Gasteiger partial charge in [0.25, 0.3) is 5.91 Å². The van der Waals surface area contributed by atoms with Crippen LogP contribution >= 0.6 is 11.3 Å². The summed E-state index contributed by atoms with van der Waals surface area (Å²) in [5.74, 6) is -1.04. The van der Waals surface area contributed by atoms with Gasteiger partial charge < -0.3 is 9.84 Å². The van der Waals surface area contributed by atoms with Gasteiger partial charge in [-0.15, -0.1) is 0 Å². The van der Waals surface area contributed by atoms with Crippen LogP contribution in [0.1, 0.15) is 30.0 Å². The van der Waals surface area contributed by atoms with Crippen LogP contribution in [0.15, 0.2) is 70.6 Å². The Bertz CT molecular complexity index is 1190. The van der Waals surface area contributed by atoms with E-state index in [1.807, 2.05) is 53.9 Å². The quantitative estimate of drug-likeness (QED) is 0.651. The highest BCUT2D eigenvalue weighted by atomic mass is 32.1. The normalized spacial score (nSPS) is 20.4. The molecular formula is C24H19NO4S. The zero-order valence-electron chi connectivity index (χ0n) is 16.5. The van der Waals surface area contributed by atoms with Gasteiger partial charge in [-0.3, -0.25) is 14.5 Å². The Morgan fingerprint density at radius 2 is 1.77 bits per heavy atom. The molecule has 2 heterocycles. The van der Waals surface area contributed by atoms with Crippen molar-refractivity contribution in [3.8, 4) is 16.9 Å². The molecule has 30 heavy (non-hydrogen) atoms. The number of anilines is 1. The summed E-state index contributed by atoms with van der Waals surface area (Å²) < 4.78 is 5.38. The topological polar surface area (TPSA) is 66.8 Å². The minimum Gasteiger partial charge on any atom is -0.503 e. The van der Waals surface area contributed by atoms with Crippen molar-refractivity contribution in [3.63, 3.8) is 0 Å². The SMILES string of the molecule is COc1ccc2c(c1)C1C(=C(O)C(=O)N1c1ccc(-c3ccsc3)cc1)C(=O)C2C. The molecule has 5 nitrogen and oxygen atoms in total. The second-order valence-electron chi connectivity index (χ2n) is 7.48. The molecule has 0 saturated carbocycles. The lowest BCUT2D eigenvalue weighted by Gasteiger charge is -2.33. The van der Waals surface area contributed by atoms with Gasteiger partial charge in [0.05, 0.1) is 18.7 Å². The standard InChI is InChI=1S/C24H19NO4S/c1-13-18-8-7-17(29-2)11-19(18)21-20(22(13)26)23(27)24(28)25(21)16-5-3-14(4-6-16)15-9-10-30-12-15/h3-13,21,27H,1-2H3. The molecule has 6 heteroatoms. The Kier molecular flexibility index (Phi) is 4.25. The van der Waals surface area contributed by atoms with Gasteiger partial charge in [-0.2, -0.15) is 11.3 Å². The van der Waals surface area contributed by atoms with E-state index in [1.54, 1.807) is 25.4 Å². The molecule has 0 fully saturated rings. The largest absolute Gasteiger partial charge is 0.503 e. The van der Waals surface area contributed by atoms with E-state index >= 15 is 0 Å². The molecule has 2 aliphatic rings. The van der Waals surface area contributed by atoms with Crippen LogP contribution in [-0.4, -0.2) is 23.9 Å². The average molecular weight is 417 g/mol. The summed E-state index contributed by atoms with van der Waals surface area (Å²) in [5.41, 5.74) is 4.58. The van der Waals surface area contributed by atoms with Crippen LogP contribution in [0.2, 0.25) is 0 Å². The number of fused-ring (bicyclic) bond motifs is 3. The average Bonchev–Trinajstić information content (AvgIpc) is 3.39. The Hall–Kier alpha value is -3.38. The number of thiophene rings is 1. The van der Waals surface area contributed by atoms with Crippen LogP contribution in [0.4, 0.5) is 5.69 Å². The zero-order chi connectivity index (χ0) is 21.0. The van der Waals surface area contributed by atoms with Gasteiger partial charge in [0.1, 0.15) is 5.75 Å². The number of aliphatic hydroxyl groups excluding tert-OH is 1. The van der Waals surface area contributed by atoms with Crippen LogP contribution in [0.25, 0.3) is 11.1 Å². The number of rotatable bonds is 3. The smallest absolute Gasteiger partial charge is 0.294 e. The van der Waals surface area contributed by atoms with Crippen molar-refractivity contribution in [1.29, 1.82) is 0 Å². The van der Waals surface area contributed by atoms with E-state index in [-0.39, 0.29) is 11.4 Å². The summed E-state index contributed by atoms with van der Waals surface area (Å²) in [6.07, 6.45) is 0. The number of hydrogen-bond acceptors (Lipinski definition) is 5. The molecule has 1 aromatic heterocycles. The van der Waals surface area contributed by atoms with E-state index in [9.17, 15) is 14.7 Å². The fourth-order valence-electron chi connectivity index (χ4n) is 4.35. The molecule has 1 aliphatic carbocycles. The van der Waals surface area contributed by atoms with Crippen molar-refractivity contribution in [3.05, 3.63) is 81.8 Å². The molecule has 1 N–H and O–H groups in total. The Morgan fingerprint density at radius 3 is 2.43 bits per heavy atom. The Labute approximate surface area is 177 Å². The maximum Gasteiger partial charge on any atom is 0.294 e. The van der Waals surface area contributed by atoms with Crippen LogP contribution < -0.4 is 9.64 Å². The lowest BCUT2D eigenvalue weighted by atomic mass is 9.77. The number of methoxy groups -OCH3 is 1. The molecule has 1 aliphatic heterocycles. The number of carbonyl (C=O) groups is 2. The number of Topliss-reactive ketones (excluding diaryl/α,β-unsaturated/α-hetero) is 1. The van der Waals surface area contributed by atoms with Gasteiger partial charge >= 0.3 is 0 Å². The van der Waals surface area contributed by atoms with E-state index < -0.39 is 23.6 Å². The van der Waals surface area contributed by atoms with Crippen molar-refractivity contribution in [2.45, 2.75) is 18.9 Å². The van der Waals surface area contributed by atoms with Crippen LogP contribution in [0.3, 0.4) is 0 Å². The van der Waals surface area contributed by atoms with Crippen LogP contribution in [0.5, 0.6) is 5.75 Å². The van der Waals surface area contributed by atoms with Gasteiger partial charge in [-0.05, 0) is 63.3 Å². The second-order valence-corrected chi connectivity index (χ2v) is 8.26. The first-order valence-corrected chi connectivity index (χ1v) is 10.6. The summed E-state index contributed by atoms with van der Waals surface area (Å²) in [6.45, 7) is 1.80. The molecule has 5 rings (SSSR count). The highest BCUT2D eigenvalue weighted by Crippen LogP contribution is 2.49. The first-order valence-electron chi connectivity index (χ1n) is 9.62. The summed E-state index contributed by atoms with van der Waals surface area (Å²) in [5, 5.41) is 14.7. The molecule has 2 aromatic carbocycles. The van der Waals surface area contributed by atoms with Crippen molar-refractivity contribution in [2.75, 3.05) is 12.0 Å². The molecule has 2 atom stereocenters. The molecule has 0 radical (unpaired) electrons. The first-order chi connectivity index (χ1) is 14.5. The van der Waals surface area contributed by atoms with Gasteiger partial charge in [0.2, 0.25) is 0 Å². The van der Waals surface area contributed by atoms with Gasteiger partial charge in [0.15, 0.2) is 11.5 Å². The molecule has 0 saturated heterocycles. The number of amides is 1. The van der Waals surface area contributed by atoms with Gasteiger partial charge in [-0.1, -0.05) is 25.1 Å². The third kappa shape index (κ3) is 2.60. The van der Waals surface area contributed by atoms with E-state index in [2.05, 4.69) is 5.38 Å². The van der Waals surface area contributed by atoms with Crippen molar-refractivity contribution in [2.24, 2.45) is 0 Å². The van der Waals surface area contributed by atoms with E-state index in [4.69, 9.17) is 4.74 Å². The molecular weight excluding hydrogens is 398 g/mol.